The van der Waals surface area contributed by atoms with Crippen molar-refractivity contribution in [3.8, 4) is 0 Å². The molecule has 2 aliphatic rings. The molecule has 2 aliphatic heterocycles. The van der Waals surface area contributed by atoms with Crippen LogP contribution in [0.15, 0.2) is 0 Å². The summed E-state index contributed by atoms with van der Waals surface area (Å²) in [6, 6.07) is 0. The van der Waals surface area contributed by atoms with Gasteiger partial charge < -0.3 is 19.3 Å². The number of likely N-dealkylation sites (tertiary alicyclic amines) is 2. The molecule has 0 unspecified atom stereocenters. The van der Waals surface area contributed by atoms with E-state index in [1.165, 1.54) is 0 Å². The van der Waals surface area contributed by atoms with Crippen LogP contribution in [0.4, 0.5) is 0 Å². The zero-order chi connectivity index (χ0) is 18.1. The monoisotopic (exact) mass is 354 g/mol. The van der Waals surface area contributed by atoms with Crippen LogP contribution >= 0.6 is 0 Å². The van der Waals surface area contributed by atoms with Crippen LogP contribution in [0.5, 0.6) is 0 Å². The van der Waals surface area contributed by atoms with Crippen molar-refractivity contribution in [1.29, 1.82) is 0 Å². The van der Waals surface area contributed by atoms with Gasteiger partial charge in [0.1, 0.15) is 0 Å². The van der Waals surface area contributed by atoms with Crippen LogP contribution in [-0.4, -0.2) is 74.2 Å². The molecular formula is C19H34N2O4. The van der Waals surface area contributed by atoms with Gasteiger partial charge in [-0.1, -0.05) is 0 Å². The smallest absolute Gasteiger partial charge is 0.309 e. The molecule has 0 aromatic rings. The van der Waals surface area contributed by atoms with Crippen LogP contribution in [-0.2, 0) is 19.1 Å². The van der Waals surface area contributed by atoms with Crippen molar-refractivity contribution in [2.24, 2.45) is 11.8 Å². The highest BCUT2D eigenvalue weighted by Crippen LogP contribution is 2.20. The van der Waals surface area contributed by atoms with E-state index in [0.29, 0.717) is 13.2 Å². The van der Waals surface area contributed by atoms with Gasteiger partial charge >= 0.3 is 11.9 Å². The Morgan fingerprint density at radius 3 is 1.44 bits per heavy atom. The molecule has 2 fully saturated rings. The summed E-state index contributed by atoms with van der Waals surface area (Å²) in [5.41, 5.74) is 0. The number of carbonyl (C=O) groups is 2. The molecule has 0 spiro atoms. The molecule has 2 heterocycles. The van der Waals surface area contributed by atoms with Gasteiger partial charge in [0.2, 0.25) is 0 Å². The summed E-state index contributed by atoms with van der Waals surface area (Å²) in [6.07, 6.45) is 4.83. The summed E-state index contributed by atoms with van der Waals surface area (Å²) < 4.78 is 10.2. The Bertz CT molecular complexity index is 376. The minimum Gasteiger partial charge on any atom is -0.466 e. The number of rotatable bonds is 8. The van der Waals surface area contributed by atoms with E-state index in [2.05, 4.69) is 9.80 Å². The topological polar surface area (TPSA) is 59.1 Å². The highest BCUT2D eigenvalue weighted by atomic mass is 16.5. The maximum Gasteiger partial charge on any atom is 0.309 e. The van der Waals surface area contributed by atoms with Crippen molar-refractivity contribution in [2.75, 3.05) is 52.5 Å². The lowest BCUT2D eigenvalue weighted by atomic mass is 9.96. The standard InChI is InChI=1S/C19H34N2O4/c1-3-24-18(22)16-6-12-20(13-7-16)10-5-11-21-14-8-17(9-15-21)19(23)25-4-2/h16-17H,3-15H2,1-2H3. The molecule has 6 heteroatoms. The zero-order valence-corrected chi connectivity index (χ0v) is 15.9. The number of piperidine rings is 2. The average Bonchev–Trinajstić information content (AvgIpc) is 2.63. The number of carbonyl (C=O) groups excluding carboxylic acids is 2. The second kappa shape index (κ2) is 10.8. The van der Waals surface area contributed by atoms with Crippen molar-refractivity contribution in [3.63, 3.8) is 0 Å². The molecule has 0 radical (unpaired) electrons. The van der Waals surface area contributed by atoms with Crippen molar-refractivity contribution in [3.05, 3.63) is 0 Å². The molecule has 0 aromatic carbocycles. The van der Waals surface area contributed by atoms with E-state index in [0.717, 1.165) is 71.4 Å². The van der Waals surface area contributed by atoms with Crippen molar-refractivity contribution in [2.45, 2.75) is 46.0 Å². The van der Waals surface area contributed by atoms with Gasteiger partial charge in [-0.25, -0.2) is 0 Å². The Hall–Kier alpha value is -1.14. The van der Waals surface area contributed by atoms with Gasteiger partial charge in [-0.15, -0.1) is 0 Å². The minimum atomic E-state index is -0.0216. The lowest BCUT2D eigenvalue weighted by molar-refractivity contribution is -0.150. The molecule has 0 atom stereocenters. The first-order valence-electron chi connectivity index (χ1n) is 9.92. The van der Waals surface area contributed by atoms with Gasteiger partial charge in [0.05, 0.1) is 25.0 Å². The van der Waals surface area contributed by atoms with Crippen LogP contribution in [0.25, 0.3) is 0 Å². The van der Waals surface area contributed by atoms with Crippen LogP contribution in [0, 0.1) is 11.8 Å². The number of ether oxygens (including phenoxy) is 2. The van der Waals surface area contributed by atoms with Crippen LogP contribution in [0.3, 0.4) is 0 Å². The van der Waals surface area contributed by atoms with Crippen molar-refractivity contribution in [1.82, 2.24) is 9.80 Å². The molecular weight excluding hydrogens is 320 g/mol. The van der Waals surface area contributed by atoms with Gasteiger partial charge in [0, 0.05) is 0 Å². The summed E-state index contributed by atoms with van der Waals surface area (Å²) in [6.45, 7) is 10.8. The van der Waals surface area contributed by atoms with Gasteiger partial charge in [-0.3, -0.25) is 9.59 Å². The predicted molar refractivity (Wildman–Crippen MR) is 96.2 cm³/mol. The molecule has 144 valence electrons. The first kappa shape index (κ1) is 20.2. The third-order valence-electron chi connectivity index (χ3n) is 5.36. The summed E-state index contributed by atoms with van der Waals surface area (Å²) in [5.74, 6) is 0.148. The Kier molecular flexibility index (Phi) is 8.68. The van der Waals surface area contributed by atoms with E-state index < -0.39 is 0 Å². The van der Waals surface area contributed by atoms with E-state index in [1.54, 1.807) is 0 Å². The molecule has 0 saturated carbocycles. The maximum atomic E-state index is 11.8. The fourth-order valence-electron chi connectivity index (χ4n) is 3.82. The number of hydrogen-bond donors (Lipinski definition) is 0. The highest BCUT2D eigenvalue weighted by Gasteiger charge is 2.27. The zero-order valence-electron chi connectivity index (χ0n) is 15.9. The molecule has 0 aliphatic carbocycles. The van der Waals surface area contributed by atoms with E-state index in [4.69, 9.17) is 9.47 Å². The van der Waals surface area contributed by atoms with E-state index in [-0.39, 0.29) is 23.8 Å². The summed E-state index contributed by atoms with van der Waals surface area (Å²) in [7, 11) is 0. The summed E-state index contributed by atoms with van der Waals surface area (Å²) in [4.78, 5) is 28.4. The van der Waals surface area contributed by atoms with E-state index in [1.807, 2.05) is 13.8 Å². The fraction of sp³-hybridized carbons (Fsp3) is 0.895. The van der Waals surface area contributed by atoms with Crippen molar-refractivity contribution < 1.29 is 19.1 Å². The van der Waals surface area contributed by atoms with E-state index >= 15 is 0 Å². The molecule has 0 bridgehead atoms. The normalized spacial score (nSPS) is 21.2. The van der Waals surface area contributed by atoms with Gasteiger partial charge in [0.15, 0.2) is 0 Å². The third kappa shape index (κ3) is 6.59. The Labute approximate surface area is 151 Å². The Balaban J connectivity index is 1.55. The van der Waals surface area contributed by atoms with Crippen LogP contribution < -0.4 is 0 Å². The van der Waals surface area contributed by atoms with Gasteiger partial charge in [-0.2, -0.15) is 0 Å². The third-order valence-corrected chi connectivity index (χ3v) is 5.36. The first-order chi connectivity index (χ1) is 12.1. The minimum absolute atomic E-state index is 0.0216. The van der Waals surface area contributed by atoms with E-state index in [9.17, 15) is 9.59 Å². The Morgan fingerprint density at radius 1 is 0.760 bits per heavy atom. The molecule has 0 amide bonds. The maximum absolute atomic E-state index is 11.8. The summed E-state index contributed by atoms with van der Waals surface area (Å²) in [5, 5.41) is 0. The van der Waals surface area contributed by atoms with Gasteiger partial charge in [0.25, 0.3) is 0 Å². The lowest BCUT2D eigenvalue weighted by Crippen LogP contribution is -2.40. The highest BCUT2D eigenvalue weighted by molar-refractivity contribution is 5.72. The first-order valence-corrected chi connectivity index (χ1v) is 9.92. The quantitative estimate of drug-likeness (QED) is 0.621. The van der Waals surface area contributed by atoms with Crippen molar-refractivity contribution >= 4 is 11.9 Å². The second-order valence-corrected chi connectivity index (χ2v) is 7.09. The number of hydrogen-bond acceptors (Lipinski definition) is 6. The Morgan fingerprint density at radius 2 is 1.12 bits per heavy atom. The molecule has 0 N–H and O–H groups in total. The second-order valence-electron chi connectivity index (χ2n) is 7.09. The van der Waals surface area contributed by atoms with Crippen LogP contribution in [0.1, 0.15) is 46.0 Å². The molecule has 6 nitrogen and oxygen atoms in total. The van der Waals surface area contributed by atoms with Crippen LogP contribution in [0.2, 0.25) is 0 Å². The molecule has 2 saturated heterocycles. The fourth-order valence-corrected chi connectivity index (χ4v) is 3.82. The largest absolute Gasteiger partial charge is 0.466 e. The average molecular weight is 354 g/mol. The SMILES string of the molecule is CCOC(=O)C1CCN(CCCN2CCC(C(=O)OCC)CC2)CC1. The van der Waals surface area contributed by atoms with Gasteiger partial charge in [-0.05, 0) is 85.2 Å². The molecule has 2 rings (SSSR count). The number of nitrogens with zero attached hydrogens (tertiary/aromatic N) is 2. The molecule has 0 aromatic heterocycles. The molecule has 25 heavy (non-hydrogen) atoms. The lowest BCUT2D eigenvalue weighted by Gasteiger charge is -2.33. The number of esters is 2. The summed E-state index contributed by atoms with van der Waals surface area (Å²) >= 11 is 0. The predicted octanol–water partition coefficient (Wildman–Crippen LogP) is 1.93.